The van der Waals surface area contributed by atoms with Gasteiger partial charge in [0.05, 0.1) is 5.25 Å². The number of carbonyl (C=O) groups excluding carboxylic acids is 2. The third-order valence-corrected chi connectivity index (χ3v) is 6.75. The quantitative estimate of drug-likeness (QED) is 0.410. The SMILES string of the molecule is Cc1ccc(C[C@H]2S/C(=C(/C#N)C(=O)Nc3ccccn3)N(c3ccccc3)C2=O)cc1Cl. The largest absolute Gasteiger partial charge is 0.306 e. The van der Waals surface area contributed by atoms with Crippen LogP contribution in [-0.2, 0) is 16.0 Å². The van der Waals surface area contributed by atoms with Gasteiger partial charge in [0.2, 0.25) is 5.91 Å². The van der Waals surface area contributed by atoms with Gasteiger partial charge in [0.1, 0.15) is 22.5 Å². The fourth-order valence-electron chi connectivity index (χ4n) is 3.39. The Labute approximate surface area is 200 Å². The molecule has 6 nitrogen and oxygen atoms in total. The van der Waals surface area contributed by atoms with E-state index in [0.29, 0.717) is 28.0 Å². The minimum Gasteiger partial charge on any atom is -0.306 e. The van der Waals surface area contributed by atoms with E-state index in [1.165, 1.54) is 16.7 Å². The summed E-state index contributed by atoms with van der Waals surface area (Å²) in [7, 11) is 0. The maximum absolute atomic E-state index is 13.5. The summed E-state index contributed by atoms with van der Waals surface area (Å²) >= 11 is 7.47. The molecule has 4 rings (SSSR count). The summed E-state index contributed by atoms with van der Waals surface area (Å²) in [6.07, 6.45) is 1.96. The van der Waals surface area contributed by atoms with Crippen molar-refractivity contribution in [3.8, 4) is 6.07 Å². The predicted molar refractivity (Wildman–Crippen MR) is 131 cm³/mol. The molecule has 0 bridgehead atoms. The van der Waals surface area contributed by atoms with Crippen LogP contribution in [0.4, 0.5) is 11.5 Å². The average Bonchev–Trinajstić information content (AvgIpc) is 3.13. The number of nitrogens with zero attached hydrogens (tertiary/aromatic N) is 3. The Morgan fingerprint density at radius 1 is 1.18 bits per heavy atom. The Bertz CT molecular complexity index is 1270. The van der Waals surface area contributed by atoms with Crippen LogP contribution in [0.15, 0.2) is 83.5 Å². The first-order valence-electron chi connectivity index (χ1n) is 10.2. The molecule has 8 heteroatoms. The number of nitrogens with one attached hydrogen (secondary N) is 1. The summed E-state index contributed by atoms with van der Waals surface area (Å²) in [6, 6.07) is 21.8. The number of halogens is 1. The van der Waals surface area contributed by atoms with Gasteiger partial charge in [-0.15, -0.1) is 0 Å². The van der Waals surface area contributed by atoms with E-state index >= 15 is 0 Å². The van der Waals surface area contributed by atoms with Crippen LogP contribution >= 0.6 is 23.4 Å². The molecular weight excluding hydrogens is 456 g/mol. The molecule has 1 aliphatic heterocycles. The van der Waals surface area contributed by atoms with Gasteiger partial charge in [0.15, 0.2) is 0 Å². The molecule has 1 aromatic heterocycles. The molecule has 0 unspecified atom stereocenters. The monoisotopic (exact) mass is 474 g/mol. The summed E-state index contributed by atoms with van der Waals surface area (Å²) in [5, 5.41) is 12.9. The van der Waals surface area contributed by atoms with Crippen molar-refractivity contribution < 1.29 is 9.59 Å². The maximum Gasteiger partial charge on any atom is 0.270 e. The van der Waals surface area contributed by atoms with Crippen molar-refractivity contribution in [2.45, 2.75) is 18.6 Å². The van der Waals surface area contributed by atoms with E-state index in [2.05, 4.69) is 10.3 Å². The zero-order valence-electron chi connectivity index (χ0n) is 17.7. The number of nitriles is 1. The van der Waals surface area contributed by atoms with Gasteiger partial charge in [0.25, 0.3) is 5.91 Å². The van der Waals surface area contributed by atoms with E-state index < -0.39 is 11.2 Å². The van der Waals surface area contributed by atoms with E-state index in [-0.39, 0.29) is 11.5 Å². The van der Waals surface area contributed by atoms with Crippen molar-refractivity contribution in [3.63, 3.8) is 0 Å². The molecule has 2 amide bonds. The molecule has 33 heavy (non-hydrogen) atoms. The molecule has 0 aliphatic carbocycles. The Hall–Kier alpha value is -3.60. The van der Waals surface area contributed by atoms with Gasteiger partial charge >= 0.3 is 0 Å². The second-order valence-corrected chi connectivity index (χ2v) is 8.96. The van der Waals surface area contributed by atoms with Crippen LogP contribution in [0.2, 0.25) is 5.02 Å². The Morgan fingerprint density at radius 3 is 2.61 bits per heavy atom. The third-order valence-electron chi connectivity index (χ3n) is 5.08. The first-order valence-corrected chi connectivity index (χ1v) is 11.4. The minimum atomic E-state index is -0.619. The number of para-hydroxylation sites is 1. The van der Waals surface area contributed by atoms with Gasteiger partial charge in [-0.05, 0) is 54.8 Å². The lowest BCUT2D eigenvalue weighted by atomic mass is 10.1. The second-order valence-electron chi connectivity index (χ2n) is 7.36. The van der Waals surface area contributed by atoms with Crippen molar-refractivity contribution >= 4 is 46.7 Å². The molecule has 1 saturated heterocycles. The second kappa shape index (κ2) is 9.90. The van der Waals surface area contributed by atoms with Gasteiger partial charge in [-0.1, -0.05) is 59.8 Å². The highest BCUT2D eigenvalue weighted by atomic mass is 35.5. The highest BCUT2D eigenvalue weighted by Gasteiger charge is 2.40. The van der Waals surface area contributed by atoms with Crippen LogP contribution in [0.3, 0.4) is 0 Å². The summed E-state index contributed by atoms with van der Waals surface area (Å²) in [5.74, 6) is -0.495. The number of aryl methyl sites for hydroxylation is 1. The Balaban J connectivity index is 1.71. The fraction of sp³-hybridized carbons (Fsp3) is 0.120. The molecule has 1 aliphatic rings. The first kappa shape index (κ1) is 22.6. The summed E-state index contributed by atoms with van der Waals surface area (Å²) in [5.41, 5.74) is 2.30. The lowest BCUT2D eigenvalue weighted by Crippen LogP contribution is -2.30. The van der Waals surface area contributed by atoms with Crippen LogP contribution in [0.25, 0.3) is 0 Å². The zero-order valence-corrected chi connectivity index (χ0v) is 19.2. The van der Waals surface area contributed by atoms with Crippen molar-refractivity contribution in [3.05, 3.63) is 99.7 Å². The predicted octanol–water partition coefficient (Wildman–Crippen LogP) is 5.11. The molecule has 0 spiro atoms. The van der Waals surface area contributed by atoms with Gasteiger partial charge < -0.3 is 5.32 Å². The van der Waals surface area contributed by atoms with Gasteiger partial charge in [-0.25, -0.2) is 4.98 Å². The number of amides is 2. The summed E-state index contributed by atoms with van der Waals surface area (Å²) in [6.45, 7) is 1.92. The van der Waals surface area contributed by atoms with E-state index in [1.807, 2.05) is 37.3 Å². The number of pyridine rings is 1. The topological polar surface area (TPSA) is 86.1 Å². The van der Waals surface area contributed by atoms with Crippen LogP contribution in [0.5, 0.6) is 0 Å². The van der Waals surface area contributed by atoms with Crippen LogP contribution in [0, 0.1) is 18.3 Å². The number of carbonyl (C=O) groups is 2. The Morgan fingerprint density at radius 2 is 1.94 bits per heavy atom. The first-order chi connectivity index (χ1) is 16.0. The van der Waals surface area contributed by atoms with E-state index in [1.54, 1.807) is 48.7 Å². The molecule has 1 atom stereocenters. The smallest absolute Gasteiger partial charge is 0.270 e. The molecule has 1 fully saturated rings. The highest BCUT2D eigenvalue weighted by Crippen LogP contribution is 2.42. The number of hydrogen-bond donors (Lipinski definition) is 1. The lowest BCUT2D eigenvalue weighted by molar-refractivity contribution is -0.117. The fourth-order valence-corrected chi connectivity index (χ4v) is 4.90. The molecule has 3 aromatic rings. The van der Waals surface area contributed by atoms with Gasteiger partial charge in [-0.3, -0.25) is 14.5 Å². The minimum absolute atomic E-state index is 0.146. The van der Waals surface area contributed by atoms with E-state index in [4.69, 9.17) is 11.6 Å². The normalized spacial score (nSPS) is 16.9. The number of benzene rings is 2. The van der Waals surface area contributed by atoms with Crippen molar-refractivity contribution in [2.75, 3.05) is 10.2 Å². The molecule has 2 aromatic carbocycles. The van der Waals surface area contributed by atoms with Crippen LogP contribution in [0.1, 0.15) is 11.1 Å². The van der Waals surface area contributed by atoms with Crippen molar-refractivity contribution in [2.24, 2.45) is 0 Å². The highest BCUT2D eigenvalue weighted by molar-refractivity contribution is 8.05. The average molecular weight is 475 g/mol. The van der Waals surface area contributed by atoms with Gasteiger partial charge in [-0.2, -0.15) is 5.26 Å². The van der Waals surface area contributed by atoms with Crippen LogP contribution in [-0.4, -0.2) is 22.0 Å². The molecule has 1 N–H and O–H groups in total. The molecule has 164 valence electrons. The molecule has 2 heterocycles. The molecule has 0 saturated carbocycles. The molecular formula is C25H19ClN4O2S. The van der Waals surface area contributed by atoms with E-state index in [0.717, 1.165) is 11.1 Å². The number of anilines is 2. The lowest BCUT2D eigenvalue weighted by Gasteiger charge is -2.18. The van der Waals surface area contributed by atoms with E-state index in [9.17, 15) is 14.9 Å². The van der Waals surface area contributed by atoms with Crippen molar-refractivity contribution in [1.29, 1.82) is 5.26 Å². The van der Waals surface area contributed by atoms with Gasteiger partial charge in [0, 0.05) is 16.9 Å². The Kier molecular flexibility index (Phi) is 6.78. The summed E-state index contributed by atoms with van der Waals surface area (Å²) in [4.78, 5) is 31.9. The summed E-state index contributed by atoms with van der Waals surface area (Å²) < 4.78 is 0. The standard InChI is InChI=1S/C25H19ClN4O2S/c1-16-10-11-17(13-20(16)26)14-21-24(32)30(18-7-3-2-4-8-18)25(33-21)19(15-27)23(31)29-22-9-5-6-12-28-22/h2-13,21H,14H2,1H3,(H,28,29,31)/b25-19-/t21-/m1/s1. The third kappa shape index (κ3) is 4.92. The number of thioether (sulfide) groups is 1. The number of rotatable bonds is 5. The number of hydrogen-bond acceptors (Lipinski definition) is 5. The van der Waals surface area contributed by atoms with Crippen molar-refractivity contribution in [1.82, 2.24) is 4.98 Å². The molecule has 0 radical (unpaired) electrons. The number of aromatic nitrogens is 1. The zero-order chi connectivity index (χ0) is 23.4. The maximum atomic E-state index is 13.5. The van der Waals surface area contributed by atoms with Crippen LogP contribution < -0.4 is 10.2 Å².